The van der Waals surface area contributed by atoms with Crippen LogP contribution >= 0.6 is 11.3 Å². The number of amides is 1. The summed E-state index contributed by atoms with van der Waals surface area (Å²) in [7, 11) is 0. The molecule has 0 bridgehead atoms. The minimum Gasteiger partial charge on any atom is -0.364 e. The van der Waals surface area contributed by atoms with Gasteiger partial charge in [-0.25, -0.2) is 4.98 Å². The number of anilines is 2. The Labute approximate surface area is 206 Å². The van der Waals surface area contributed by atoms with Crippen LogP contribution in [0.4, 0.5) is 10.9 Å². The summed E-state index contributed by atoms with van der Waals surface area (Å²) in [4.78, 5) is 23.2. The number of piperazine rings is 1. The fraction of sp³-hybridized carbons (Fsp3) is 0.577. The van der Waals surface area contributed by atoms with Gasteiger partial charge < -0.3 is 15.1 Å². The number of benzene rings is 1. The molecule has 1 aliphatic carbocycles. The lowest BCUT2D eigenvalue weighted by atomic mass is 9.88. The van der Waals surface area contributed by atoms with Crippen LogP contribution in [0.25, 0.3) is 16.2 Å². The van der Waals surface area contributed by atoms with Crippen molar-refractivity contribution in [1.29, 1.82) is 0 Å². The molecule has 1 aromatic carbocycles. The molecule has 0 unspecified atom stereocenters. The zero-order chi connectivity index (χ0) is 23.9. The molecular weight excluding hydrogens is 444 g/mol. The summed E-state index contributed by atoms with van der Waals surface area (Å²) >= 11 is 1.62. The van der Waals surface area contributed by atoms with E-state index in [2.05, 4.69) is 67.1 Å². The molecule has 182 valence electrons. The average molecular weight is 481 g/mol. The third kappa shape index (κ3) is 4.78. The van der Waals surface area contributed by atoms with Crippen molar-refractivity contribution in [2.24, 2.45) is 5.92 Å². The van der Waals surface area contributed by atoms with Crippen molar-refractivity contribution in [2.45, 2.75) is 65.3 Å². The second kappa shape index (κ2) is 9.21. The fourth-order valence-corrected chi connectivity index (χ4v) is 6.01. The Balaban J connectivity index is 1.36. The minimum absolute atomic E-state index is 0.122. The zero-order valence-electron chi connectivity index (χ0n) is 20.8. The first-order valence-electron chi connectivity index (χ1n) is 12.6. The molecule has 0 radical (unpaired) electrons. The molecule has 8 heteroatoms. The van der Waals surface area contributed by atoms with E-state index in [-0.39, 0.29) is 11.5 Å². The molecule has 7 nitrogen and oxygen atoms in total. The highest BCUT2D eigenvalue weighted by atomic mass is 32.1. The molecule has 2 fully saturated rings. The van der Waals surface area contributed by atoms with Crippen LogP contribution in [0, 0.1) is 12.8 Å². The second-order valence-corrected chi connectivity index (χ2v) is 11.7. The summed E-state index contributed by atoms with van der Waals surface area (Å²) in [6.07, 6.45) is 5.81. The summed E-state index contributed by atoms with van der Waals surface area (Å²) in [6, 6.07) is 8.46. The lowest BCUT2D eigenvalue weighted by molar-refractivity contribution is -0.136. The van der Waals surface area contributed by atoms with Crippen LogP contribution in [0.5, 0.6) is 0 Å². The van der Waals surface area contributed by atoms with E-state index in [0.717, 1.165) is 66.2 Å². The summed E-state index contributed by atoms with van der Waals surface area (Å²) in [5.41, 5.74) is 3.13. The lowest BCUT2D eigenvalue weighted by Crippen LogP contribution is -2.50. The molecule has 1 saturated carbocycles. The standard InChI is InChI=1S/C26H36N6OS/c1-18-9-8-12-20(17-18)21-22(28-26(2,3)4)32-24(27-21)34-25(29-32)31-15-13-30(14-16-31)23(33)19-10-6-5-7-11-19/h8-9,12,17,19,28H,5-7,10-11,13-16H2,1-4H3. The van der Waals surface area contributed by atoms with E-state index in [1.165, 1.54) is 24.8 Å². The van der Waals surface area contributed by atoms with E-state index >= 15 is 0 Å². The molecule has 1 amide bonds. The van der Waals surface area contributed by atoms with Crippen molar-refractivity contribution in [1.82, 2.24) is 19.5 Å². The quantitative estimate of drug-likeness (QED) is 0.556. The molecule has 0 spiro atoms. The van der Waals surface area contributed by atoms with Gasteiger partial charge in [0.2, 0.25) is 16.0 Å². The summed E-state index contributed by atoms with van der Waals surface area (Å²) in [6.45, 7) is 11.8. The van der Waals surface area contributed by atoms with Crippen molar-refractivity contribution < 1.29 is 4.79 Å². The Morgan fingerprint density at radius 2 is 1.82 bits per heavy atom. The molecule has 34 heavy (non-hydrogen) atoms. The third-order valence-electron chi connectivity index (χ3n) is 6.79. The molecule has 1 saturated heterocycles. The van der Waals surface area contributed by atoms with Gasteiger partial charge >= 0.3 is 0 Å². The smallest absolute Gasteiger partial charge is 0.225 e. The van der Waals surface area contributed by atoms with Gasteiger partial charge in [-0.05, 0) is 46.6 Å². The van der Waals surface area contributed by atoms with Crippen molar-refractivity contribution in [3.8, 4) is 11.3 Å². The highest BCUT2D eigenvalue weighted by Gasteiger charge is 2.30. The number of carbonyl (C=O) groups excluding carboxylic acids is 1. The normalized spacial score (nSPS) is 18.0. The summed E-state index contributed by atoms with van der Waals surface area (Å²) in [5, 5.41) is 9.59. The van der Waals surface area contributed by atoms with Gasteiger partial charge in [0.15, 0.2) is 5.82 Å². The molecule has 3 aromatic rings. The maximum Gasteiger partial charge on any atom is 0.225 e. The van der Waals surface area contributed by atoms with Gasteiger partial charge in [0.05, 0.1) is 0 Å². The van der Waals surface area contributed by atoms with Crippen LogP contribution in [0.3, 0.4) is 0 Å². The number of nitrogens with one attached hydrogen (secondary N) is 1. The Bertz CT molecular complexity index is 1160. The third-order valence-corrected chi connectivity index (χ3v) is 7.76. The zero-order valence-corrected chi connectivity index (χ0v) is 21.6. The number of fused-ring (bicyclic) bond motifs is 1. The fourth-order valence-electron chi connectivity index (χ4n) is 5.05. The van der Waals surface area contributed by atoms with Gasteiger partial charge in [-0.3, -0.25) is 4.79 Å². The van der Waals surface area contributed by atoms with Crippen molar-refractivity contribution in [2.75, 3.05) is 36.4 Å². The van der Waals surface area contributed by atoms with Crippen molar-refractivity contribution in [3.63, 3.8) is 0 Å². The Kier molecular flexibility index (Phi) is 6.27. The van der Waals surface area contributed by atoms with Crippen LogP contribution in [0.1, 0.15) is 58.4 Å². The molecule has 0 atom stereocenters. The summed E-state index contributed by atoms with van der Waals surface area (Å²) < 4.78 is 1.96. The molecule has 1 aliphatic heterocycles. The molecule has 2 aromatic heterocycles. The first kappa shape index (κ1) is 23.1. The van der Waals surface area contributed by atoms with Crippen molar-refractivity contribution >= 4 is 33.2 Å². The SMILES string of the molecule is Cc1cccc(-c2nc3sc(N4CCN(C(=O)C5CCCCC5)CC4)nn3c2NC(C)(C)C)c1. The van der Waals surface area contributed by atoms with Gasteiger partial charge in [0.25, 0.3) is 0 Å². The van der Waals surface area contributed by atoms with E-state index < -0.39 is 0 Å². The van der Waals surface area contributed by atoms with E-state index in [4.69, 9.17) is 10.1 Å². The largest absolute Gasteiger partial charge is 0.364 e. The van der Waals surface area contributed by atoms with Gasteiger partial charge in [0.1, 0.15) is 5.69 Å². The number of aromatic nitrogens is 3. The van der Waals surface area contributed by atoms with Gasteiger partial charge in [-0.1, -0.05) is 54.4 Å². The van der Waals surface area contributed by atoms with Gasteiger partial charge in [-0.2, -0.15) is 4.52 Å². The van der Waals surface area contributed by atoms with E-state index in [1.54, 1.807) is 11.3 Å². The molecule has 3 heterocycles. The topological polar surface area (TPSA) is 65.8 Å². The number of aryl methyl sites for hydroxylation is 1. The highest BCUT2D eigenvalue weighted by molar-refractivity contribution is 7.20. The van der Waals surface area contributed by atoms with E-state index in [1.807, 2.05) is 4.52 Å². The van der Waals surface area contributed by atoms with Crippen LogP contribution < -0.4 is 10.2 Å². The van der Waals surface area contributed by atoms with Crippen LogP contribution in [0.15, 0.2) is 24.3 Å². The van der Waals surface area contributed by atoms with Crippen LogP contribution in [-0.4, -0.2) is 57.1 Å². The first-order valence-corrected chi connectivity index (χ1v) is 13.4. The number of rotatable bonds is 4. The molecule has 2 aliphatic rings. The maximum absolute atomic E-state index is 12.9. The second-order valence-electron chi connectivity index (χ2n) is 10.8. The predicted octanol–water partition coefficient (Wildman–Crippen LogP) is 5.21. The summed E-state index contributed by atoms with van der Waals surface area (Å²) in [5.74, 6) is 1.55. The molecular formula is C26H36N6OS. The van der Waals surface area contributed by atoms with E-state index in [0.29, 0.717) is 5.91 Å². The number of imidazole rings is 1. The number of carbonyl (C=O) groups is 1. The van der Waals surface area contributed by atoms with Gasteiger partial charge in [0, 0.05) is 43.2 Å². The Hall–Kier alpha value is -2.61. The van der Waals surface area contributed by atoms with Crippen LogP contribution in [-0.2, 0) is 4.79 Å². The van der Waals surface area contributed by atoms with Crippen molar-refractivity contribution in [3.05, 3.63) is 29.8 Å². The minimum atomic E-state index is -0.122. The molecule has 5 rings (SSSR count). The first-order chi connectivity index (χ1) is 16.3. The highest BCUT2D eigenvalue weighted by Crippen LogP contribution is 2.35. The Morgan fingerprint density at radius 1 is 1.09 bits per heavy atom. The number of hydrogen-bond acceptors (Lipinski definition) is 6. The van der Waals surface area contributed by atoms with Crippen LogP contribution in [0.2, 0.25) is 0 Å². The van der Waals surface area contributed by atoms with Gasteiger partial charge in [-0.15, -0.1) is 5.10 Å². The molecule has 1 N–H and O–H groups in total. The number of nitrogens with zero attached hydrogens (tertiary/aromatic N) is 5. The Morgan fingerprint density at radius 3 is 2.50 bits per heavy atom. The maximum atomic E-state index is 12.9. The lowest BCUT2D eigenvalue weighted by Gasteiger charge is -2.36. The monoisotopic (exact) mass is 480 g/mol. The number of hydrogen-bond donors (Lipinski definition) is 1. The predicted molar refractivity (Wildman–Crippen MR) is 140 cm³/mol. The van der Waals surface area contributed by atoms with E-state index in [9.17, 15) is 4.79 Å². The average Bonchev–Trinajstić information content (AvgIpc) is 3.38.